The minimum atomic E-state index is 0.195. The van der Waals surface area contributed by atoms with Crippen LogP contribution in [0.2, 0.25) is 5.22 Å². The highest BCUT2D eigenvalue weighted by molar-refractivity contribution is 6.31. The molecule has 5 heteroatoms. The number of aromatic hydroxyl groups is 1. The highest BCUT2D eigenvalue weighted by atomic mass is 35.5. The highest BCUT2D eigenvalue weighted by Crippen LogP contribution is 2.29. The van der Waals surface area contributed by atoms with Crippen LogP contribution < -0.4 is 0 Å². The van der Waals surface area contributed by atoms with E-state index in [9.17, 15) is 5.11 Å². The zero-order valence-electron chi connectivity index (χ0n) is 8.07. The number of hydrogen-bond acceptors (Lipinski definition) is 3. The molecule has 1 aromatic carbocycles. The van der Waals surface area contributed by atoms with Crippen molar-refractivity contribution in [2.45, 2.75) is 0 Å². The van der Waals surface area contributed by atoms with E-state index in [1.807, 2.05) is 0 Å². The fourth-order valence-corrected chi connectivity index (χ4v) is 1.79. The highest BCUT2D eigenvalue weighted by Gasteiger charge is 2.11. The van der Waals surface area contributed by atoms with Gasteiger partial charge in [0.1, 0.15) is 11.6 Å². The molecule has 0 spiro atoms. The number of hydrogen-bond donors (Lipinski definition) is 2. The van der Waals surface area contributed by atoms with Crippen molar-refractivity contribution in [3.8, 4) is 17.1 Å². The molecule has 0 bridgehead atoms. The summed E-state index contributed by atoms with van der Waals surface area (Å²) in [5.41, 5.74) is 2.23. The van der Waals surface area contributed by atoms with Gasteiger partial charge < -0.3 is 14.5 Å². The number of furan rings is 1. The number of halogens is 1. The first-order valence-corrected chi connectivity index (χ1v) is 5.04. The normalized spacial score (nSPS) is 11.1. The molecule has 0 aliphatic rings. The van der Waals surface area contributed by atoms with E-state index in [1.54, 1.807) is 24.3 Å². The Morgan fingerprint density at radius 3 is 2.94 bits per heavy atom. The number of H-pyrrole nitrogens is 1. The van der Waals surface area contributed by atoms with E-state index in [0.717, 1.165) is 11.0 Å². The van der Waals surface area contributed by atoms with Crippen LogP contribution in [-0.4, -0.2) is 15.1 Å². The van der Waals surface area contributed by atoms with E-state index in [2.05, 4.69) is 9.97 Å². The number of fused-ring (bicyclic) bond motifs is 1. The van der Waals surface area contributed by atoms with E-state index in [0.29, 0.717) is 16.6 Å². The Bertz CT molecular complexity index is 657. The molecule has 4 nitrogen and oxygen atoms in total. The average molecular weight is 235 g/mol. The molecule has 0 amide bonds. The van der Waals surface area contributed by atoms with E-state index >= 15 is 0 Å². The lowest BCUT2D eigenvalue weighted by atomic mass is 10.3. The van der Waals surface area contributed by atoms with E-state index in [-0.39, 0.29) is 5.75 Å². The van der Waals surface area contributed by atoms with Crippen molar-refractivity contribution in [2.24, 2.45) is 0 Å². The first-order valence-electron chi connectivity index (χ1n) is 4.66. The molecule has 80 valence electrons. The Labute approximate surface area is 95.5 Å². The smallest absolute Gasteiger partial charge is 0.203 e. The third-order valence-electron chi connectivity index (χ3n) is 2.34. The predicted octanol–water partition coefficient (Wildman–Crippen LogP) is 3.18. The van der Waals surface area contributed by atoms with Crippen LogP contribution in [0.3, 0.4) is 0 Å². The lowest BCUT2D eigenvalue weighted by molar-refractivity contribution is 0.476. The second kappa shape index (κ2) is 3.28. The van der Waals surface area contributed by atoms with Crippen LogP contribution >= 0.6 is 11.6 Å². The second-order valence-corrected chi connectivity index (χ2v) is 3.74. The van der Waals surface area contributed by atoms with Gasteiger partial charge in [-0.3, -0.25) is 0 Å². The molecule has 0 radical (unpaired) electrons. The molecule has 3 aromatic rings. The summed E-state index contributed by atoms with van der Waals surface area (Å²) in [5.74, 6) is 0.820. The van der Waals surface area contributed by atoms with Gasteiger partial charge in [-0.05, 0) is 29.8 Å². The van der Waals surface area contributed by atoms with Gasteiger partial charge in [0.25, 0.3) is 0 Å². The summed E-state index contributed by atoms with van der Waals surface area (Å²) in [7, 11) is 0. The maximum Gasteiger partial charge on any atom is 0.203 e. The summed E-state index contributed by atoms with van der Waals surface area (Å²) in [6.45, 7) is 0. The quantitative estimate of drug-likeness (QED) is 0.680. The lowest BCUT2D eigenvalue weighted by Gasteiger charge is -1.89. The number of aromatic amines is 1. The minimum Gasteiger partial charge on any atom is -0.508 e. The molecule has 0 aliphatic carbocycles. The van der Waals surface area contributed by atoms with Gasteiger partial charge >= 0.3 is 0 Å². The van der Waals surface area contributed by atoms with Crippen molar-refractivity contribution < 1.29 is 9.52 Å². The number of nitrogens with zero attached hydrogens (tertiary/aromatic N) is 1. The van der Waals surface area contributed by atoms with Crippen LogP contribution in [0.25, 0.3) is 22.4 Å². The second-order valence-electron chi connectivity index (χ2n) is 3.39. The number of imidazole rings is 1. The van der Waals surface area contributed by atoms with Crippen LogP contribution in [0.4, 0.5) is 0 Å². The molecule has 0 fully saturated rings. The molecule has 16 heavy (non-hydrogen) atoms. The third-order valence-corrected chi connectivity index (χ3v) is 2.63. The summed E-state index contributed by atoms with van der Waals surface area (Å²) >= 11 is 5.86. The average Bonchev–Trinajstić information content (AvgIpc) is 2.82. The zero-order chi connectivity index (χ0) is 11.1. The number of rotatable bonds is 1. The van der Waals surface area contributed by atoms with E-state index < -0.39 is 0 Å². The Kier molecular flexibility index (Phi) is 1.91. The number of benzene rings is 1. The van der Waals surface area contributed by atoms with Crippen molar-refractivity contribution >= 4 is 22.6 Å². The maximum atomic E-state index is 9.33. The Morgan fingerprint density at radius 2 is 2.19 bits per heavy atom. The van der Waals surface area contributed by atoms with Crippen LogP contribution in [0.1, 0.15) is 0 Å². The number of phenolic OH excluding ortho intramolecular Hbond substituents is 1. The minimum absolute atomic E-state index is 0.195. The molecule has 0 saturated carbocycles. The summed E-state index contributed by atoms with van der Waals surface area (Å²) < 4.78 is 4.99. The van der Waals surface area contributed by atoms with Gasteiger partial charge in [0.2, 0.25) is 5.22 Å². The van der Waals surface area contributed by atoms with Crippen molar-refractivity contribution in [2.75, 3.05) is 0 Å². The first kappa shape index (κ1) is 9.30. The topological polar surface area (TPSA) is 62.1 Å². The van der Waals surface area contributed by atoms with Crippen molar-refractivity contribution in [3.63, 3.8) is 0 Å². The lowest BCUT2D eigenvalue weighted by Crippen LogP contribution is -1.76. The Hall–Kier alpha value is -1.94. The van der Waals surface area contributed by atoms with Gasteiger partial charge in [-0.1, -0.05) is 0 Å². The van der Waals surface area contributed by atoms with Crippen LogP contribution in [0.15, 0.2) is 34.9 Å². The standard InChI is InChI=1S/C11H7ClN2O2/c12-10-7(3-4-16-10)11-13-8-2-1-6(15)5-9(8)14-11/h1-5,15H,(H,13,14). The van der Waals surface area contributed by atoms with Crippen molar-refractivity contribution in [3.05, 3.63) is 35.7 Å². The number of phenols is 1. The maximum absolute atomic E-state index is 9.33. The third kappa shape index (κ3) is 1.35. The van der Waals surface area contributed by atoms with E-state index in [4.69, 9.17) is 16.0 Å². The zero-order valence-corrected chi connectivity index (χ0v) is 8.82. The monoisotopic (exact) mass is 234 g/mol. The SMILES string of the molecule is Oc1ccc2nc(-c3ccoc3Cl)[nH]c2c1. The van der Waals surface area contributed by atoms with Gasteiger partial charge in [-0.15, -0.1) is 0 Å². The predicted molar refractivity (Wildman–Crippen MR) is 60.5 cm³/mol. The summed E-state index contributed by atoms with van der Waals surface area (Å²) in [6, 6.07) is 6.67. The first-order chi connectivity index (χ1) is 7.74. The molecule has 2 aromatic heterocycles. The van der Waals surface area contributed by atoms with E-state index in [1.165, 1.54) is 6.26 Å². The molecule has 0 saturated heterocycles. The van der Waals surface area contributed by atoms with Crippen molar-refractivity contribution in [1.82, 2.24) is 9.97 Å². The molecule has 2 N–H and O–H groups in total. The van der Waals surface area contributed by atoms with Crippen LogP contribution in [0, 0.1) is 0 Å². The van der Waals surface area contributed by atoms with Gasteiger partial charge in [-0.25, -0.2) is 4.98 Å². The molecule has 3 rings (SSSR count). The number of nitrogens with one attached hydrogen (secondary N) is 1. The van der Waals surface area contributed by atoms with Crippen LogP contribution in [0.5, 0.6) is 5.75 Å². The summed E-state index contributed by atoms with van der Waals surface area (Å²) in [4.78, 5) is 7.41. The molecule has 0 unspecified atom stereocenters. The van der Waals surface area contributed by atoms with Crippen LogP contribution in [-0.2, 0) is 0 Å². The fourth-order valence-electron chi connectivity index (χ4n) is 1.59. The van der Waals surface area contributed by atoms with Gasteiger partial charge in [0, 0.05) is 6.07 Å². The molecule has 0 aliphatic heterocycles. The summed E-state index contributed by atoms with van der Waals surface area (Å²) in [6.07, 6.45) is 1.50. The Balaban J connectivity index is 2.23. The molecular weight excluding hydrogens is 228 g/mol. The van der Waals surface area contributed by atoms with Crippen molar-refractivity contribution in [1.29, 1.82) is 0 Å². The number of aromatic nitrogens is 2. The Morgan fingerprint density at radius 1 is 1.31 bits per heavy atom. The largest absolute Gasteiger partial charge is 0.508 e. The molecule has 0 atom stereocenters. The molecular formula is C11H7ClN2O2. The molecule has 2 heterocycles. The van der Waals surface area contributed by atoms with Gasteiger partial charge in [0.05, 0.1) is 22.9 Å². The van der Waals surface area contributed by atoms with Gasteiger partial charge in [-0.2, -0.15) is 0 Å². The van der Waals surface area contributed by atoms with Gasteiger partial charge in [0.15, 0.2) is 0 Å². The fraction of sp³-hybridized carbons (Fsp3) is 0. The summed E-state index contributed by atoms with van der Waals surface area (Å²) in [5, 5.41) is 9.63.